The number of hydrogen-bond acceptors (Lipinski definition) is 4. The summed E-state index contributed by atoms with van der Waals surface area (Å²) in [6, 6.07) is 1.83. The largest absolute Gasteiger partial charge is 0.378 e. The lowest BCUT2D eigenvalue weighted by Crippen LogP contribution is -2.18. The molecule has 1 saturated heterocycles. The number of carbonyl (C=O) groups excluding carboxylic acids is 1. The highest BCUT2D eigenvalue weighted by molar-refractivity contribution is 9.10. The van der Waals surface area contributed by atoms with Gasteiger partial charge in [0.1, 0.15) is 5.82 Å². The molecule has 0 spiro atoms. The number of hydrogen-bond donors (Lipinski definition) is 1. The molecule has 2 rings (SSSR count). The van der Waals surface area contributed by atoms with E-state index >= 15 is 0 Å². The summed E-state index contributed by atoms with van der Waals surface area (Å²) in [5.74, 6) is 0.474. The predicted molar refractivity (Wildman–Crippen MR) is 79.7 cm³/mol. The van der Waals surface area contributed by atoms with Crippen molar-refractivity contribution in [2.75, 3.05) is 25.1 Å². The molecular weight excluding hydrogens is 324 g/mol. The zero-order valence-electron chi connectivity index (χ0n) is 11.5. The number of halogens is 1. The third-order valence-electron chi connectivity index (χ3n) is 3.12. The summed E-state index contributed by atoms with van der Waals surface area (Å²) in [5.41, 5.74) is 1.03. The van der Waals surface area contributed by atoms with E-state index in [2.05, 4.69) is 26.2 Å². The van der Waals surface area contributed by atoms with Crippen molar-refractivity contribution in [2.45, 2.75) is 32.3 Å². The lowest BCUT2D eigenvalue weighted by molar-refractivity contribution is -0.117. The molecule has 1 amide bonds. The normalized spacial score (nSPS) is 18.2. The Labute approximate surface area is 127 Å². The van der Waals surface area contributed by atoms with Gasteiger partial charge in [-0.25, -0.2) is 4.98 Å². The quantitative estimate of drug-likeness (QED) is 0.807. The van der Waals surface area contributed by atoms with Gasteiger partial charge < -0.3 is 14.8 Å². The van der Waals surface area contributed by atoms with E-state index in [0.29, 0.717) is 25.5 Å². The van der Waals surface area contributed by atoms with Crippen molar-refractivity contribution in [3.63, 3.8) is 0 Å². The Morgan fingerprint density at radius 3 is 3.20 bits per heavy atom. The SMILES string of the molecule is Cc1cc(NC(=O)CCOCC2CCCO2)ncc1Br. The van der Waals surface area contributed by atoms with Gasteiger partial charge in [0.05, 0.1) is 25.7 Å². The Morgan fingerprint density at radius 1 is 1.65 bits per heavy atom. The fourth-order valence-electron chi connectivity index (χ4n) is 1.97. The van der Waals surface area contributed by atoms with Crippen LogP contribution in [0, 0.1) is 6.92 Å². The van der Waals surface area contributed by atoms with Gasteiger partial charge in [0.25, 0.3) is 0 Å². The Hall–Kier alpha value is -0.980. The third-order valence-corrected chi connectivity index (χ3v) is 3.95. The first-order valence-corrected chi connectivity index (χ1v) is 7.56. The van der Waals surface area contributed by atoms with Gasteiger partial charge >= 0.3 is 0 Å². The zero-order chi connectivity index (χ0) is 14.4. The number of nitrogens with one attached hydrogen (secondary N) is 1. The number of rotatable bonds is 6. The van der Waals surface area contributed by atoms with E-state index in [1.807, 2.05) is 13.0 Å². The van der Waals surface area contributed by atoms with Gasteiger partial charge in [-0.3, -0.25) is 4.79 Å². The fourth-order valence-corrected chi connectivity index (χ4v) is 2.19. The molecule has 1 fully saturated rings. The van der Waals surface area contributed by atoms with E-state index in [0.717, 1.165) is 29.5 Å². The lowest BCUT2D eigenvalue weighted by Gasteiger charge is -2.10. The van der Waals surface area contributed by atoms with Crippen LogP contribution in [0.2, 0.25) is 0 Å². The minimum absolute atomic E-state index is 0.0911. The Morgan fingerprint density at radius 2 is 2.50 bits per heavy atom. The van der Waals surface area contributed by atoms with Gasteiger partial charge in [-0.2, -0.15) is 0 Å². The van der Waals surface area contributed by atoms with Crippen molar-refractivity contribution in [3.8, 4) is 0 Å². The van der Waals surface area contributed by atoms with Crippen molar-refractivity contribution in [1.29, 1.82) is 0 Å². The summed E-state index contributed by atoms with van der Waals surface area (Å²) in [4.78, 5) is 15.9. The van der Waals surface area contributed by atoms with Crippen LogP contribution in [0.25, 0.3) is 0 Å². The summed E-state index contributed by atoms with van der Waals surface area (Å²) < 4.78 is 11.8. The molecule has 1 aliphatic heterocycles. The number of anilines is 1. The molecule has 1 N–H and O–H groups in total. The highest BCUT2D eigenvalue weighted by Crippen LogP contribution is 2.17. The van der Waals surface area contributed by atoms with Crippen LogP contribution >= 0.6 is 15.9 Å². The van der Waals surface area contributed by atoms with Gasteiger partial charge in [-0.15, -0.1) is 0 Å². The predicted octanol–water partition coefficient (Wildman–Crippen LogP) is 2.68. The topological polar surface area (TPSA) is 60.5 Å². The number of pyridine rings is 1. The van der Waals surface area contributed by atoms with Gasteiger partial charge in [0, 0.05) is 17.3 Å². The Balaban J connectivity index is 1.65. The molecule has 6 heteroatoms. The molecule has 1 aromatic rings. The van der Waals surface area contributed by atoms with Gasteiger partial charge in [0.2, 0.25) is 5.91 Å². The molecule has 1 aromatic heterocycles. The molecule has 1 atom stereocenters. The average Bonchev–Trinajstić information content (AvgIpc) is 2.92. The number of aromatic nitrogens is 1. The van der Waals surface area contributed by atoms with Crippen LogP contribution in [0.3, 0.4) is 0 Å². The van der Waals surface area contributed by atoms with E-state index in [1.54, 1.807) is 6.20 Å². The maximum absolute atomic E-state index is 11.7. The maximum Gasteiger partial charge on any atom is 0.227 e. The smallest absolute Gasteiger partial charge is 0.227 e. The van der Waals surface area contributed by atoms with Gasteiger partial charge in [-0.05, 0) is 47.3 Å². The van der Waals surface area contributed by atoms with Crippen molar-refractivity contribution in [2.24, 2.45) is 0 Å². The Kier molecular flexibility index (Phi) is 5.94. The molecule has 110 valence electrons. The summed E-state index contributed by atoms with van der Waals surface area (Å²) >= 11 is 3.37. The number of carbonyl (C=O) groups is 1. The van der Waals surface area contributed by atoms with Crippen LogP contribution in [0.5, 0.6) is 0 Å². The lowest BCUT2D eigenvalue weighted by atomic mass is 10.2. The van der Waals surface area contributed by atoms with Gasteiger partial charge in [-0.1, -0.05) is 0 Å². The fraction of sp³-hybridized carbons (Fsp3) is 0.571. The summed E-state index contributed by atoms with van der Waals surface area (Å²) in [7, 11) is 0. The minimum atomic E-state index is -0.0911. The van der Waals surface area contributed by atoms with E-state index in [-0.39, 0.29) is 12.0 Å². The third kappa shape index (κ3) is 4.85. The number of nitrogens with zero attached hydrogens (tertiary/aromatic N) is 1. The number of amides is 1. The van der Waals surface area contributed by atoms with Crippen LogP contribution < -0.4 is 5.32 Å². The molecule has 0 radical (unpaired) electrons. The van der Waals surface area contributed by atoms with Crippen molar-refractivity contribution in [3.05, 3.63) is 22.3 Å². The van der Waals surface area contributed by atoms with Crippen molar-refractivity contribution >= 4 is 27.7 Å². The van der Waals surface area contributed by atoms with Crippen LogP contribution in [-0.2, 0) is 14.3 Å². The molecule has 2 heterocycles. The second-order valence-corrected chi connectivity index (χ2v) is 5.68. The molecule has 20 heavy (non-hydrogen) atoms. The maximum atomic E-state index is 11.7. The molecule has 1 aliphatic rings. The Bertz CT molecular complexity index is 462. The first-order valence-electron chi connectivity index (χ1n) is 6.76. The van der Waals surface area contributed by atoms with Crippen molar-refractivity contribution in [1.82, 2.24) is 4.98 Å². The standard InChI is InChI=1S/C14H19BrN2O3/c1-10-7-13(16-8-12(10)15)17-14(18)4-6-19-9-11-3-2-5-20-11/h7-8,11H,2-6,9H2,1H3,(H,16,17,18). The first kappa shape index (κ1) is 15.4. The summed E-state index contributed by atoms with van der Waals surface area (Å²) in [6.07, 6.45) is 4.36. The molecule has 5 nitrogen and oxygen atoms in total. The van der Waals surface area contributed by atoms with Crippen LogP contribution in [0.1, 0.15) is 24.8 Å². The highest BCUT2D eigenvalue weighted by atomic mass is 79.9. The first-order chi connectivity index (χ1) is 9.65. The van der Waals surface area contributed by atoms with E-state index in [1.165, 1.54) is 0 Å². The van der Waals surface area contributed by atoms with Gasteiger partial charge in [0.15, 0.2) is 0 Å². The highest BCUT2D eigenvalue weighted by Gasteiger charge is 2.15. The van der Waals surface area contributed by atoms with Crippen molar-refractivity contribution < 1.29 is 14.3 Å². The molecule has 0 bridgehead atoms. The summed E-state index contributed by atoms with van der Waals surface area (Å²) in [5, 5.41) is 2.76. The second kappa shape index (κ2) is 7.71. The molecule has 0 aliphatic carbocycles. The van der Waals surface area contributed by atoms with E-state index in [4.69, 9.17) is 9.47 Å². The number of aryl methyl sites for hydroxylation is 1. The average molecular weight is 343 g/mol. The summed E-state index contributed by atoms with van der Waals surface area (Å²) in [6.45, 7) is 3.75. The van der Waals surface area contributed by atoms with Crippen LogP contribution in [0.4, 0.5) is 5.82 Å². The molecular formula is C14H19BrN2O3. The van der Waals surface area contributed by atoms with E-state index < -0.39 is 0 Å². The molecule has 0 aromatic carbocycles. The second-order valence-electron chi connectivity index (χ2n) is 4.83. The van der Waals surface area contributed by atoms with Crippen LogP contribution in [-0.4, -0.2) is 36.8 Å². The number of ether oxygens (including phenoxy) is 2. The monoisotopic (exact) mass is 342 g/mol. The van der Waals surface area contributed by atoms with E-state index in [9.17, 15) is 4.79 Å². The minimum Gasteiger partial charge on any atom is -0.378 e. The zero-order valence-corrected chi connectivity index (χ0v) is 13.1. The molecule has 1 unspecified atom stereocenters. The molecule has 0 saturated carbocycles. The van der Waals surface area contributed by atoms with Crippen LogP contribution in [0.15, 0.2) is 16.7 Å².